The molecule has 4 nitrogen and oxygen atoms in total. The monoisotopic (exact) mass is 344 g/mol. The van der Waals surface area contributed by atoms with E-state index < -0.39 is 0 Å². The highest BCUT2D eigenvalue weighted by Gasteiger charge is 2.29. The Balaban J connectivity index is 1.36. The highest BCUT2D eigenvalue weighted by Crippen LogP contribution is 2.30. The third-order valence-electron chi connectivity index (χ3n) is 4.56. The van der Waals surface area contributed by atoms with E-state index in [0.29, 0.717) is 6.42 Å². The lowest BCUT2D eigenvalue weighted by atomic mass is 10.0. The second-order valence-electron chi connectivity index (χ2n) is 6.75. The number of rotatable bonds is 5. The van der Waals surface area contributed by atoms with E-state index in [0.717, 1.165) is 35.2 Å². The van der Waals surface area contributed by atoms with Gasteiger partial charge in [-0.05, 0) is 53.4 Å². The molecule has 0 unspecified atom stereocenters. The van der Waals surface area contributed by atoms with Crippen LogP contribution >= 0.6 is 0 Å². The van der Waals surface area contributed by atoms with Gasteiger partial charge in [0.1, 0.15) is 0 Å². The van der Waals surface area contributed by atoms with E-state index in [1.54, 1.807) is 12.1 Å². The van der Waals surface area contributed by atoms with E-state index in [-0.39, 0.29) is 17.7 Å². The van der Waals surface area contributed by atoms with Crippen molar-refractivity contribution in [1.82, 2.24) is 0 Å². The first-order chi connectivity index (χ1) is 12.7. The van der Waals surface area contributed by atoms with Gasteiger partial charge in [-0.25, -0.2) is 0 Å². The van der Waals surface area contributed by atoms with Crippen LogP contribution in [0.4, 0.5) is 11.4 Å². The molecule has 1 aliphatic carbocycles. The van der Waals surface area contributed by atoms with E-state index in [2.05, 4.69) is 16.7 Å². The van der Waals surface area contributed by atoms with Gasteiger partial charge in [-0.1, -0.05) is 42.5 Å². The Bertz CT molecular complexity index is 959. The molecule has 3 aromatic carbocycles. The van der Waals surface area contributed by atoms with Gasteiger partial charge in [0.2, 0.25) is 11.8 Å². The van der Waals surface area contributed by atoms with Crippen molar-refractivity contribution in [3.8, 4) is 0 Å². The molecule has 130 valence electrons. The Kier molecular flexibility index (Phi) is 4.40. The van der Waals surface area contributed by atoms with Crippen LogP contribution in [0.5, 0.6) is 0 Å². The summed E-state index contributed by atoms with van der Waals surface area (Å²) in [5.41, 5.74) is 2.46. The number of amides is 2. The number of carbonyl (C=O) groups is 2. The molecule has 0 aromatic heterocycles. The van der Waals surface area contributed by atoms with E-state index >= 15 is 0 Å². The molecular formula is C22H20N2O2. The fourth-order valence-corrected chi connectivity index (χ4v) is 2.97. The zero-order valence-electron chi connectivity index (χ0n) is 14.4. The Morgan fingerprint density at radius 2 is 1.46 bits per heavy atom. The minimum Gasteiger partial charge on any atom is -0.326 e. The van der Waals surface area contributed by atoms with Crippen LogP contribution in [0.2, 0.25) is 0 Å². The molecular weight excluding hydrogens is 324 g/mol. The fourth-order valence-electron chi connectivity index (χ4n) is 2.97. The van der Waals surface area contributed by atoms with Crippen LogP contribution in [0, 0.1) is 5.92 Å². The quantitative estimate of drug-likeness (QED) is 0.722. The lowest BCUT2D eigenvalue weighted by molar-refractivity contribution is -0.117. The van der Waals surface area contributed by atoms with Gasteiger partial charge >= 0.3 is 0 Å². The van der Waals surface area contributed by atoms with Crippen LogP contribution in [-0.2, 0) is 16.0 Å². The van der Waals surface area contributed by atoms with Gasteiger partial charge in [0.25, 0.3) is 0 Å². The third-order valence-corrected chi connectivity index (χ3v) is 4.56. The van der Waals surface area contributed by atoms with E-state index in [1.165, 1.54) is 5.39 Å². The number of hydrogen-bond donors (Lipinski definition) is 2. The van der Waals surface area contributed by atoms with E-state index in [9.17, 15) is 9.59 Å². The first-order valence-electron chi connectivity index (χ1n) is 8.86. The van der Waals surface area contributed by atoms with Crippen molar-refractivity contribution in [1.29, 1.82) is 0 Å². The maximum absolute atomic E-state index is 12.3. The maximum Gasteiger partial charge on any atom is 0.228 e. The minimum absolute atomic E-state index is 0.0601. The standard InChI is InChI=1S/C22H20N2O2/c25-21(14-15-5-6-16-3-1-2-4-18(16)13-15)23-19-9-11-20(12-10-19)24-22(26)17-7-8-17/h1-6,9-13,17H,7-8,14H2,(H,23,25)(H,24,26). The summed E-state index contributed by atoms with van der Waals surface area (Å²) in [6.45, 7) is 0. The van der Waals surface area contributed by atoms with Crippen molar-refractivity contribution < 1.29 is 9.59 Å². The summed E-state index contributed by atoms with van der Waals surface area (Å²) < 4.78 is 0. The average Bonchev–Trinajstić information content (AvgIpc) is 3.48. The molecule has 1 saturated carbocycles. The van der Waals surface area contributed by atoms with Crippen LogP contribution in [0.15, 0.2) is 66.7 Å². The molecule has 0 spiro atoms. The SMILES string of the molecule is O=C(Cc1ccc2ccccc2c1)Nc1ccc(NC(=O)C2CC2)cc1. The largest absolute Gasteiger partial charge is 0.326 e. The number of nitrogens with one attached hydrogen (secondary N) is 2. The molecule has 1 aliphatic rings. The van der Waals surface area contributed by atoms with Crippen LogP contribution in [0.25, 0.3) is 10.8 Å². The van der Waals surface area contributed by atoms with Gasteiger partial charge < -0.3 is 10.6 Å². The molecule has 0 saturated heterocycles. The van der Waals surface area contributed by atoms with Gasteiger partial charge in [-0.15, -0.1) is 0 Å². The normalized spacial score (nSPS) is 13.4. The molecule has 4 rings (SSSR count). The van der Waals surface area contributed by atoms with Gasteiger partial charge in [0.05, 0.1) is 6.42 Å². The van der Waals surface area contributed by atoms with E-state index in [4.69, 9.17) is 0 Å². The van der Waals surface area contributed by atoms with Crippen molar-refractivity contribution >= 4 is 34.0 Å². The summed E-state index contributed by atoms with van der Waals surface area (Å²) in [4.78, 5) is 24.1. The van der Waals surface area contributed by atoms with Crippen LogP contribution < -0.4 is 10.6 Å². The molecule has 2 N–H and O–H groups in total. The molecule has 0 radical (unpaired) electrons. The first-order valence-corrected chi connectivity index (χ1v) is 8.86. The Morgan fingerprint density at radius 3 is 2.15 bits per heavy atom. The van der Waals surface area contributed by atoms with Gasteiger partial charge in [-0.3, -0.25) is 9.59 Å². The summed E-state index contributed by atoms with van der Waals surface area (Å²) in [5, 5.41) is 8.09. The highest BCUT2D eigenvalue weighted by atomic mass is 16.2. The summed E-state index contributed by atoms with van der Waals surface area (Å²) in [6.07, 6.45) is 2.29. The average molecular weight is 344 g/mol. The molecule has 0 heterocycles. The predicted octanol–water partition coefficient (Wildman–Crippen LogP) is 4.37. The van der Waals surface area contributed by atoms with Gasteiger partial charge in [-0.2, -0.15) is 0 Å². The van der Waals surface area contributed by atoms with Crippen LogP contribution in [0.1, 0.15) is 18.4 Å². The Hall–Kier alpha value is -3.14. The van der Waals surface area contributed by atoms with Crippen molar-refractivity contribution in [3.05, 3.63) is 72.3 Å². The lowest BCUT2D eigenvalue weighted by Gasteiger charge is -2.08. The number of hydrogen-bond acceptors (Lipinski definition) is 2. The summed E-state index contributed by atoms with van der Waals surface area (Å²) in [7, 11) is 0. The van der Waals surface area contributed by atoms with Crippen molar-refractivity contribution in [2.75, 3.05) is 10.6 Å². The lowest BCUT2D eigenvalue weighted by Crippen LogP contribution is -2.15. The van der Waals surface area contributed by atoms with E-state index in [1.807, 2.05) is 48.5 Å². The first kappa shape index (κ1) is 16.3. The summed E-state index contributed by atoms with van der Waals surface area (Å²) in [6, 6.07) is 21.4. The summed E-state index contributed by atoms with van der Waals surface area (Å²) in [5.74, 6) is 0.199. The number of anilines is 2. The number of carbonyl (C=O) groups excluding carboxylic acids is 2. The summed E-state index contributed by atoms with van der Waals surface area (Å²) >= 11 is 0. The number of fused-ring (bicyclic) bond motifs is 1. The smallest absolute Gasteiger partial charge is 0.228 e. The number of benzene rings is 3. The molecule has 2 amide bonds. The molecule has 26 heavy (non-hydrogen) atoms. The predicted molar refractivity (Wildman–Crippen MR) is 104 cm³/mol. The second-order valence-corrected chi connectivity index (χ2v) is 6.75. The Morgan fingerprint density at radius 1 is 0.808 bits per heavy atom. The molecule has 0 aliphatic heterocycles. The van der Waals surface area contributed by atoms with Crippen LogP contribution in [0.3, 0.4) is 0 Å². The third kappa shape index (κ3) is 3.91. The molecule has 3 aromatic rings. The topological polar surface area (TPSA) is 58.2 Å². The van der Waals surface area contributed by atoms with Gasteiger partial charge in [0.15, 0.2) is 0 Å². The molecule has 4 heteroatoms. The van der Waals surface area contributed by atoms with Crippen molar-refractivity contribution in [3.63, 3.8) is 0 Å². The molecule has 0 bridgehead atoms. The zero-order chi connectivity index (χ0) is 17.9. The highest BCUT2D eigenvalue weighted by molar-refractivity contribution is 5.95. The maximum atomic E-state index is 12.3. The molecule has 1 fully saturated rings. The fraction of sp³-hybridized carbons (Fsp3) is 0.182. The minimum atomic E-state index is -0.0601. The Labute approximate surface area is 152 Å². The van der Waals surface area contributed by atoms with Gasteiger partial charge in [0, 0.05) is 17.3 Å². The molecule has 0 atom stereocenters. The zero-order valence-corrected chi connectivity index (χ0v) is 14.4. The van der Waals surface area contributed by atoms with Crippen molar-refractivity contribution in [2.45, 2.75) is 19.3 Å². The van der Waals surface area contributed by atoms with Crippen molar-refractivity contribution in [2.24, 2.45) is 5.92 Å². The van der Waals surface area contributed by atoms with Crippen LogP contribution in [-0.4, -0.2) is 11.8 Å². The second kappa shape index (κ2) is 7.00.